The highest BCUT2D eigenvalue weighted by molar-refractivity contribution is 7.84. The Balaban J connectivity index is 2.21. The van der Waals surface area contributed by atoms with Gasteiger partial charge in [-0.1, -0.05) is 18.2 Å². The molecule has 1 aromatic heterocycles. The van der Waals surface area contributed by atoms with E-state index in [2.05, 4.69) is 0 Å². The molecular formula is C16H13FO2S. The molecule has 0 aliphatic heterocycles. The molecule has 0 fully saturated rings. The number of aryl methyl sites for hydroxylation is 1. The first-order chi connectivity index (χ1) is 9.56. The van der Waals surface area contributed by atoms with Gasteiger partial charge in [0, 0.05) is 11.6 Å². The maximum absolute atomic E-state index is 13.0. The SMILES string of the molecule is Cc1oc2ccc(-c3ccc(F)cc3)cc2c1S(C)=O. The van der Waals surface area contributed by atoms with E-state index in [9.17, 15) is 8.60 Å². The van der Waals surface area contributed by atoms with Gasteiger partial charge in [0.2, 0.25) is 0 Å². The second-order valence-electron chi connectivity index (χ2n) is 4.66. The van der Waals surface area contributed by atoms with Crippen LogP contribution in [0.3, 0.4) is 0 Å². The van der Waals surface area contributed by atoms with E-state index in [0.717, 1.165) is 27.0 Å². The second-order valence-corrected chi connectivity index (χ2v) is 5.98. The monoisotopic (exact) mass is 288 g/mol. The number of furan rings is 1. The zero-order chi connectivity index (χ0) is 14.3. The second kappa shape index (κ2) is 4.87. The molecule has 1 unspecified atom stereocenters. The molecule has 3 aromatic rings. The fourth-order valence-corrected chi connectivity index (χ4v) is 3.29. The zero-order valence-electron chi connectivity index (χ0n) is 11.1. The minimum absolute atomic E-state index is 0.260. The van der Waals surface area contributed by atoms with Gasteiger partial charge in [0.05, 0.1) is 15.7 Å². The largest absolute Gasteiger partial charge is 0.460 e. The van der Waals surface area contributed by atoms with Gasteiger partial charge >= 0.3 is 0 Å². The Morgan fingerprint density at radius 2 is 1.70 bits per heavy atom. The van der Waals surface area contributed by atoms with Crippen LogP contribution in [0.1, 0.15) is 5.76 Å². The molecule has 0 aliphatic carbocycles. The molecule has 3 rings (SSSR count). The Bertz CT molecular complexity index is 803. The molecular weight excluding hydrogens is 275 g/mol. The van der Waals surface area contributed by atoms with Gasteiger partial charge in [-0.15, -0.1) is 0 Å². The first kappa shape index (κ1) is 13.1. The lowest BCUT2D eigenvalue weighted by atomic mass is 10.0. The Morgan fingerprint density at radius 1 is 1.05 bits per heavy atom. The summed E-state index contributed by atoms with van der Waals surface area (Å²) in [4.78, 5) is 0.726. The summed E-state index contributed by atoms with van der Waals surface area (Å²) in [5.74, 6) is 0.418. The summed E-state index contributed by atoms with van der Waals surface area (Å²) >= 11 is 0. The maximum Gasteiger partial charge on any atom is 0.135 e. The third-order valence-corrected chi connectivity index (χ3v) is 4.35. The predicted molar refractivity (Wildman–Crippen MR) is 78.7 cm³/mol. The minimum atomic E-state index is -1.11. The van der Waals surface area contributed by atoms with Crippen molar-refractivity contribution < 1.29 is 13.0 Å². The van der Waals surface area contributed by atoms with Crippen molar-refractivity contribution in [3.8, 4) is 11.1 Å². The summed E-state index contributed by atoms with van der Waals surface area (Å²) in [6.45, 7) is 1.81. The number of hydrogen-bond donors (Lipinski definition) is 0. The van der Waals surface area contributed by atoms with Crippen LogP contribution in [-0.2, 0) is 10.8 Å². The summed E-state index contributed by atoms with van der Waals surface area (Å²) in [7, 11) is -1.11. The Labute approximate surface area is 118 Å². The van der Waals surface area contributed by atoms with Gasteiger partial charge in [-0.05, 0) is 42.3 Å². The quantitative estimate of drug-likeness (QED) is 0.704. The van der Waals surface area contributed by atoms with Gasteiger partial charge in [-0.3, -0.25) is 4.21 Å². The lowest BCUT2D eigenvalue weighted by Crippen LogP contribution is -1.88. The molecule has 102 valence electrons. The molecule has 0 saturated heterocycles. The van der Waals surface area contributed by atoms with Gasteiger partial charge in [0.25, 0.3) is 0 Å². The Morgan fingerprint density at radius 3 is 2.35 bits per heavy atom. The van der Waals surface area contributed by atoms with Crippen LogP contribution in [-0.4, -0.2) is 10.5 Å². The molecule has 0 saturated carbocycles. The minimum Gasteiger partial charge on any atom is -0.460 e. The van der Waals surface area contributed by atoms with E-state index in [-0.39, 0.29) is 5.82 Å². The van der Waals surface area contributed by atoms with Crippen LogP contribution in [0.2, 0.25) is 0 Å². The summed E-state index contributed by atoms with van der Waals surface area (Å²) in [5.41, 5.74) is 2.59. The number of benzene rings is 2. The third kappa shape index (κ3) is 2.16. The van der Waals surface area contributed by atoms with Crippen molar-refractivity contribution in [2.75, 3.05) is 6.26 Å². The van der Waals surface area contributed by atoms with Crippen LogP contribution < -0.4 is 0 Å². The molecule has 2 nitrogen and oxygen atoms in total. The first-order valence-electron chi connectivity index (χ1n) is 6.19. The van der Waals surface area contributed by atoms with Crippen LogP contribution in [0.4, 0.5) is 4.39 Å². The van der Waals surface area contributed by atoms with E-state index in [4.69, 9.17) is 4.42 Å². The van der Waals surface area contributed by atoms with E-state index in [1.165, 1.54) is 12.1 Å². The van der Waals surface area contributed by atoms with Gasteiger partial charge in [0.1, 0.15) is 17.2 Å². The summed E-state index contributed by atoms with van der Waals surface area (Å²) in [5, 5.41) is 0.852. The first-order valence-corrected chi connectivity index (χ1v) is 7.74. The highest BCUT2D eigenvalue weighted by atomic mass is 32.2. The number of fused-ring (bicyclic) bond motifs is 1. The van der Waals surface area contributed by atoms with Crippen molar-refractivity contribution in [1.29, 1.82) is 0 Å². The lowest BCUT2D eigenvalue weighted by Gasteiger charge is -2.02. The zero-order valence-corrected chi connectivity index (χ0v) is 12.0. The van der Waals surface area contributed by atoms with E-state index >= 15 is 0 Å². The van der Waals surface area contributed by atoms with Gasteiger partial charge in [-0.2, -0.15) is 0 Å². The van der Waals surface area contributed by atoms with E-state index in [1.807, 2.05) is 25.1 Å². The van der Waals surface area contributed by atoms with Gasteiger partial charge in [-0.25, -0.2) is 4.39 Å². The molecule has 0 N–H and O–H groups in total. The molecule has 1 atom stereocenters. The highest BCUT2D eigenvalue weighted by Crippen LogP contribution is 2.32. The molecule has 0 bridgehead atoms. The normalized spacial score (nSPS) is 12.8. The highest BCUT2D eigenvalue weighted by Gasteiger charge is 2.14. The molecule has 20 heavy (non-hydrogen) atoms. The Hall–Kier alpha value is -1.94. The lowest BCUT2D eigenvalue weighted by molar-refractivity contribution is 0.566. The van der Waals surface area contributed by atoms with Crippen LogP contribution in [0.15, 0.2) is 51.8 Å². The van der Waals surface area contributed by atoms with E-state index in [1.54, 1.807) is 18.4 Å². The van der Waals surface area contributed by atoms with Gasteiger partial charge in [0.15, 0.2) is 0 Å². The molecule has 0 spiro atoms. The fourth-order valence-electron chi connectivity index (χ4n) is 2.38. The smallest absolute Gasteiger partial charge is 0.135 e. The fraction of sp³-hybridized carbons (Fsp3) is 0.125. The molecule has 4 heteroatoms. The van der Waals surface area contributed by atoms with Crippen LogP contribution >= 0.6 is 0 Å². The van der Waals surface area contributed by atoms with Crippen molar-refractivity contribution in [1.82, 2.24) is 0 Å². The molecule has 2 aromatic carbocycles. The van der Waals surface area contributed by atoms with Crippen LogP contribution in [0.25, 0.3) is 22.1 Å². The Kier molecular flexibility index (Phi) is 3.18. The molecule has 0 radical (unpaired) electrons. The van der Waals surface area contributed by atoms with E-state index < -0.39 is 10.8 Å². The molecule has 0 aliphatic rings. The summed E-state index contributed by atoms with van der Waals surface area (Å²) in [6, 6.07) is 12.0. The van der Waals surface area contributed by atoms with Crippen molar-refractivity contribution >= 4 is 21.8 Å². The van der Waals surface area contributed by atoms with Crippen molar-refractivity contribution in [3.63, 3.8) is 0 Å². The predicted octanol–water partition coefficient (Wildman–Crippen LogP) is 4.28. The average molecular weight is 288 g/mol. The third-order valence-electron chi connectivity index (χ3n) is 3.27. The van der Waals surface area contributed by atoms with Gasteiger partial charge < -0.3 is 4.42 Å². The van der Waals surface area contributed by atoms with Crippen molar-refractivity contribution in [3.05, 3.63) is 54.0 Å². The van der Waals surface area contributed by atoms with Crippen molar-refractivity contribution in [2.45, 2.75) is 11.8 Å². The number of hydrogen-bond acceptors (Lipinski definition) is 2. The summed E-state index contributed by atoms with van der Waals surface area (Å²) in [6.07, 6.45) is 1.64. The summed E-state index contributed by atoms with van der Waals surface area (Å²) < 4.78 is 30.4. The number of rotatable bonds is 2. The topological polar surface area (TPSA) is 30.2 Å². The standard InChI is InChI=1S/C16H13FO2S/c1-10-16(20(2)18)14-9-12(5-8-15(14)19-10)11-3-6-13(17)7-4-11/h3-9H,1-2H3. The van der Waals surface area contributed by atoms with Crippen LogP contribution in [0, 0.1) is 12.7 Å². The van der Waals surface area contributed by atoms with Crippen molar-refractivity contribution in [2.24, 2.45) is 0 Å². The molecule has 1 heterocycles. The van der Waals surface area contributed by atoms with Crippen LogP contribution in [0.5, 0.6) is 0 Å². The van der Waals surface area contributed by atoms with E-state index in [0.29, 0.717) is 5.76 Å². The maximum atomic E-state index is 13.0. The average Bonchev–Trinajstić information content (AvgIpc) is 2.74. The molecule has 0 amide bonds. The number of halogens is 1.